The van der Waals surface area contributed by atoms with Crippen molar-refractivity contribution in [3.8, 4) is 0 Å². The zero-order chi connectivity index (χ0) is 15.1. The Morgan fingerprint density at radius 1 is 1.45 bits per heavy atom. The maximum atomic E-state index is 13.9. The van der Waals surface area contributed by atoms with Crippen LogP contribution >= 0.6 is 0 Å². The summed E-state index contributed by atoms with van der Waals surface area (Å²) < 4.78 is 13.9. The number of carbonyl (C=O) groups excluding carboxylic acids is 2. The molecule has 1 aliphatic rings. The smallest absolute Gasteiger partial charge is 0.257 e. The molecule has 108 valence electrons. The molecule has 0 aliphatic carbocycles. The van der Waals surface area contributed by atoms with Crippen molar-refractivity contribution in [1.82, 2.24) is 14.8 Å². The van der Waals surface area contributed by atoms with Gasteiger partial charge >= 0.3 is 0 Å². The number of nitrogens with zero attached hydrogens (tertiary/aromatic N) is 3. The molecule has 1 aliphatic heterocycles. The molecule has 0 radical (unpaired) electrons. The fourth-order valence-electron chi connectivity index (χ4n) is 2.34. The van der Waals surface area contributed by atoms with Gasteiger partial charge in [0.1, 0.15) is 5.54 Å². The quantitative estimate of drug-likeness (QED) is 0.812. The summed E-state index contributed by atoms with van der Waals surface area (Å²) in [4.78, 5) is 31.1. The van der Waals surface area contributed by atoms with Crippen LogP contribution in [0, 0.1) is 5.82 Å². The molecular weight excluding hydrogens is 263 g/mol. The monoisotopic (exact) mass is 280 g/mol. The lowest BCUT2D eigenvalue weighted by atomic mass is 9.96. The van der Waals surface area contributed by atoms with E-state index in [1.54, 1.807) is 25.8 Å². The summed E-state index contributed by atoms with van der Waals surface area (Å²) in [6, 6.07) is 1.27. The van der Waals surface area contributed by atoms with Crippen LogP contribution < -0.4 is 5.73 Å². The van der Waals surface area contributed by atoms with Crippen molar-refractivity contribution in [3.05, 3.63) is 23.6 Å². The number of piperazine rings is 1. The fraction of sp³-hybridized carbons (Fsp3) is 0.462. The van der Waals surface area contributed by atoms with Gasteiger partial charge in [-0.15, -0.1) is 0 Å². The van der Waals surface area contributed by atoms with Crippen LogP contribution in [0.2, 0.25) is 0 Å². The van der Waals surface area contributed by atoms with E-state index in [2.05, 4.69) is 4.98 Å². The molecule has 2 rings (SSSR count). The molecule has 2 heterocycles. The van der Waals surface area contributed by atoms with Crippen molar-refractivity contribution in [3.63, 3.8) is 0 Å². The Morgan fingerprint density at radius 3 is 2.75 bits per heavy atom. The topological polar surface area (TPSA) is 79.5 Å². The molecule has 2 N–H and O–H groups in total. The van der Waals surface area contributed by atoms with E-state index in [0.717, 1.165) is 0 Å². The molecule has 6 nitrogen and oxygen atoms in total. The molecule has 0 unspecified atom stereocenters. The number of anilines is 1. The highest BCUT2D eigenvalue weighted by Crippen LogP contribution is 2.25. The van der Waals surface area contributed by atoms with Crippen molar-refractivity contribution < 1.29 is 14.0 Å². The Hall–Kier alpha value is -2.18. The Morgan fingerprint density at radius 2 is 2.10 bits per heavy atom. The lowest BCUT2D eigenvalue weighted by Crippen LogP contribution is -2.63. The first-order valence-electron chi connectivity index (χ1n) is 6.24. The molecule has 2 amide bonds. The molecule has 0 spiro atoms. The average molecular weight is 280 g/mol. The van der Waals surface area contributed by atoms with E-state index in [0.29, 0.717) is 13.1 Å². The van der Waals surface area contributed by atoms with Gasteiger partial charge in [-0.1, -0.05) is 0 Å². The van der Waals surface area contributed by atoms with Crippen LogP contribution in [0.4, 0.5) is 10.2 Å². The second-order valence-corrected chi connectivity index (χ2v) is 5.30. The van der Waals surface area contributed by atoms with E-state index in [1.807, 2.05) is 0 Å². The molecule has 7 heteroatoms. The third kappa shape index (κ3) is 2.09. The first kappa shape index (κ1) is 14.2. The van der Waals surface area contributed by atoms with Crippen LogP contribution in [-0.2, 0) is 4.79 Å². The Balaban J connectivity index is 2.38. The molecule has 20 heavy (non-hydrogen) atoms. The van der Waals surface area contributed by atoms with Gasteiger partial charge in [-0.2, -0.15) is 0 Å². The summed E-state index contributed by atoms with van der Waals surface area (Å²) in [6.07, 6.45) is 1.27. The van der Waals surface area contributed by atoms with Gasteiger partial charge in [-0.05, 0) is 19.9 Å². The van der Waals surface area contributed by atoms with Crippen LogP contribution in [0.25, 0.3) is 0 Å². The molecule has 0 saturated carbocycles. The molecule has 0 aromatic carbocycles. The molecule has 0 atom stereocenters. The van der Waals surface area contributed by atoms with Gasteiger partial charge in [-0.25, -0.2) is 9.37 Å². The fourth-order valence-corrected chi connectivity index (χ4v) is 2.34. The zero-order valence-corrected chi connectivity index (χ0v) is 11.7. The summed E-state index contributed by atoms with van der Waals surface area (Å²) in [7, 11) is 1.68. The van der Waals surface area contributed by atoms with E-state index >= 15 is 0 Å². The van der Waals surface area contributed by atoms with Crippen LogP contribution in [0.5, 0.6) is 0 Å². The van der Waals surface area contributed by atoms with Crippen LogP contribution in [0.1, 0.15) is 24.2 Å². The molecule has 1 fully saturated rings. The highest BCUT2D eigenvalue weighted by atomic mass is 19.1. The number of halogens is 1. The van der Waals surface area contributed by atoms with Crippen LogP contribution in [0.15, 0.2) is 12.3 Å². The van der Waals surface area contributed by atoms with Crippen LogP contribution in [0.3, 0.4) is 0 Å². The number of hydrogen-bond donors (Lipinski definition) is 1. The minimum atomic E-state index is -1.02. The number of nitrogens with two attached hydrogens (primary N) is 1. The molecule has 1 aromatic heterocycles. The summed E-state index contributed by atoms with van der Waals surface area (Å²) in [5.74, 6) is -1.91. The van der Waals surface area contributed by atoms with E-state index in [-0.39, 0.29) is 17.3 Å². The number of carbonyl (C=O) groups is 2. The maximum absolute atomic E-state index is 13.9. The van der Waals surface area contributed by atoms with E-state index in [1.165, 1.54) is 17.2 Å². The van der Waals surface area contributed by atoms with Crippen molar-refractivity contribution in [2.75, 3.05) is 25.9 Å². The highest BCUT2D eigenvalue weighted by Gasteiger charge is 2.43. The number of aromatic nitrogens is 1. The number of hydrogen-bond acceptors (Lipinski definition) is 4. The van der Waals surface area contributed by atoms with Crippen molar-refractivity contribution in [2.45, 2.75) is 19.4 Å². The summed E-state index contributed by atoms with van der Waals surface area (Å²) in [5, 5.41) is 0. The third-order valence-electron chi connectivity index (χ3n) is 3.60. The normalized spacial score (nSPS) is 18.3. The van der Waals surface area contributed by atoms with Crippen molar-refractivity contribution >= 4 is 17.6 Å². The summed E-state index contributed by atoms with van der Waals surface area (Å²) in [6.45, 7) is 4.04. The lowest BCUT2D eigenvalue weighted by Gasteiger charge is -2.44. The number of pyridine rings is 1. The van der Waals surface area contributed by atoms with Crippen molar-refractivity contribution in [2.24, 2.45) is 0 Å². The Kier molecular flexibility index (Phi) is 3.37. The van der Waals surface area contributed by atoms with Crippen LogP contribution in [-0.4, -0.2) is 52.3 Å². The summed E-state index contributed by atoms with van der Waals surface area (Å²) in [5.41, 5.74) is 4.19. The van der Waals surface area contributed by atoms with Crippen molar-refractivity contribution in [1.29, 1.82) is 0 Å². The minimum absolute atomic E-state index is 0.164. The number of nitrogen functional groups attached to an aromatic ring is 1. The molecule has 1 aromatic rings. The first-order valence-corrected chi connectivity index (χ1v) is 6.24. The van der Waals surface area contributed by atoms with Gasteiger partial charge in [0.25, 0.3) is 5.91 Å². The lowest BCUT2D eigenvalue weighted by molar-refractivity contribution is -0.144. The zero-order valence-electron chi connectivity index (χ0n) is 11.7. The standard InChI is InChI=1S/C13H17FN4O2/c1-13(2)12(20)17(3)6-7-18(13)11(19)8-4-5-16-10(15)9(8)14/h4-5H,6-7H2,1-3H3,(H2,15,16). The largest absolute Gasteiger partial charge is 0.381 e. The second-order valence-electron chi connectivity index (χ2n) is 5.30. The number of amides is 2. The van der Waals surface area contributed by atoms with E-state index < -0.39 is 17.3 Å². The van der Waals surface area contributed by atoms with Gasteiger partial charge < -0.3 is 15.5 Å². The predicted molar refractivity (Wildman–Crippen MR) is 71.4 cm³/mol. The second kappa shape index (κ2) is 4.73. The number of likely N-dealkylation sites (N-methyl/N-ethyl adjacent to an activating group) is 1. The SMILES string of the molecule is CN1CCN(C(=O)c2ccnc(N)c2F)C(C)(C)C1=O. The van der Waals surface area contributed by atoms with E-state index in [9.17, 15) is 14.0 Å². The Bertz CT molecular complexity index is 573. The van der Waals surface area contributed by atoms with E-state index in [4.69, 9.17) is 5.73 Å². The molecule has 0 bridgehead atoms. The van der Waals surface area contributed by atoms with Gasteiger partial charge in [0.05, 0.1) is 5.56 Å². The summed E-state index contributed by atoms with van der Waals surface area (Å²) >= 11 is 0. The highest BCUT2D eigenvalue weighted by molar-refractivity contribution is 6.00. The van der Waals surface area contributed by atoms with Gasteiger partial charge in [0.2, 0.25) is 5.91 Å². The molecular formula is C13H17FN4O2. The van der Waals surface area contributed by atoms with Gasteiger partial charge in [0.15, 0.2) is 11.6 Å². The Labute approximate surface area is 116 Å². The predicted octanol–water partition coefficient (Wildman–Crippen LogP) is 0.496. The molecule has 1 saturated heterocycles. The first-order chi connectivity index (χ1) is 9.26. The maximum Gasteiger partial charge on any atom is 0.257 e. The van der Waals surface area contributed by atoms with Gasteiger partial charge in [0, 0.05) is 26.3 Å². The van der Waals surface area contributed by atoms with Gasteiger partial charge in [-0.3, -0.25) is 9.59 Å². The average Bonchev–Trinajstić information content (AvgIpc) is 2.39. The minimum Gasteiger partial charge on any atom is -0.381 e. The third-order valence-corrected chi connectivity index (χ3v) is 3.60. The number of rotatable bonds is 1.